The van der Waals surface area contributed by atoms with Gasteiger partial charge in [0.25, 0.3) is 0 Å². The lowest BCUT2D eigenvalue weighted by Crippen LogP contribution is -2.42. The van der Waals surface area contributed by atoms with E-state index in [1.807, 2.05) is 55.5 Å². The fourth-order valence-corrected chi connectivity index (χ4v) is 5.25. The molecule has 1 aliphatic heterocycles. The van der Waals surface area contributed by atoms with Crippen LogP contribution in [0.1, 0.15) is 44.6 Å². The van der Waals surface area contributed by atoms with Crippen LogP contribution in [0.4, 0.5) is 5.82 Å². The Morgan fingerprint density at radius 2 is 2.00 bits per heavy atom. The van der Waals surface area contributed by atoms with E-state index in [1.165, 1.54) is 0 Å². The number of halogens is 2. The number of nitrogens with zero attached hydrogens (tertiary/aromatic N) is 2. The summed E-state index contributed by atoms with van der Waals surface area (Å²) in [5.41, 5.74) is 2.80. The van der Waals surface area contributed by atoms with Crippen molar-refractivity contribution in [2.24, 2.45) is 0 Å². The van der Waals surface area contributed by atoms with Crippen LogP contribution in [0, 0.1) is 0 Å². The number of anilines is 1. The maximum absolute atomic E-state index is 13.1. The molecule has 0 spiro atoms. The Kier molecular flexibility index (Phi) is 9.83. The van der Waals surface area contributed by atoms with Gasteiger partial charge >= 0.3 is 12.0 Å². The third-order valence-electron chi connectivity index (χ3n) is 6.76. The zero-order valence-electron chi connectivity index (χ0n) is 21.8. The first kappa shape index (κ1) is 28.1. The molecule has 38 heavy (non-hydrogen) atoms. The lowest BCUT2D eigenvalue weighted by atomic mass is 9.73. The third kappa shape index (κ3) is 6.76. The van der Waals surface area contributed by atoms with E-state index in [2.05, 4.69) is 15.3 Å². The quantitative estimate of drug-likeness (QED) is 0.262. The molecule has 1 saturated heterocycles. The van der Waals surface area contributed by atoms with Crippen molar-refractivity contribution in [3.63, 3.8) is 0 Å². The van der Waals surface area contributed by atoms with Crippen LogP contribution in [0.25, 0.3) is 11.3 Å². The number of carbonyl (C=O) groups is 1. The highest BCUT2D eigenvalue weighted by molar-refractivity contribution is 6.35. The number of rotatable bonds is 10. The number of methoxy groups -OCH3 is 1. The Bertz CT molecular complexity index is 1240. The summed E-state index contributed by atoms with van der Waals surface area (Å²) < 4.78 is 16.4. The summed E-state index contributed by atoms with van der Waals surface area (Å²) >= 11 is 12.5. The first-order valence-electron chi connectivity index (χ1n) is 12.9. The zero-order chi connectivity index (χ0) is 27.0. The molecule has 1 N–H and O–H groups in total. The van der Waals surface area contributed by atoms with Gasteiger partial charge in [0.05, 0.1) is 24.8 Å². The summed E-state index contributed by atoms with van der Waals surface area (Å²) in [6.45, 7) is 3.88. The lowest BCUT2D eigenvalue weighted by Gasteiger charge is -2.35. The van der Waals surface area contributed by atoms with Crippen molar-refractivity contribution >= 4 is 35.0 Å². The molecule has 1 aromatic heterocycles. The maximum Gasteiger partial charge on any atom is 0.318 e. The summed E-state index contributed by atoms with van der Waals surface area (Å²) in [5.74, 6) is 0.447. The molecule has 0 atom stereocenters. The van der Waals surface area contributed by atoms with Gasteiger partial charge in [-0.05, 0) is 55.9 Å². The minimum atomic E-state index is -0.732. The number of aromatic nitrogens is 2. The molecule has 0 radical (unpaired) electrons. The van der Waals surface area contributed by atoms with Crippen LogP contribution in [-0.2, 0) is 19.7 Å². The van der Waals surface area contributed by atoms with Crippen molar-refractivity contribution in [3.8, 4) is 17.3 Å². The van der Waals surface area contributed by atoms with E-state index in [0.717, 1.165) is 34.6 Å². The lowest BCUT2D eigenvalue weighted by molar-refractivity contribution is -0.154. The third-order valence-corrected chi connectivity index (χ3v) is 7.38. The number of esters is 1. The molecular formula is C29H33Cl2N3O4. The van der Waals surface area contributed by atoms with Crippen LogP contribution in [0.3, 0.4) is 0 Å². The molecule has 2 heterocycles. The number of allylic oxidation sites excluding steroid dienone is 6. The van der Waals surface area contributed by atoms with Crippen LogP contribution in [0.5, 0.6) is 6.01 Å². The van der Waals surface area contributed by atoms with Gasteiger partial charge in [-0.2, -0.15) is 9.97 Å². The topological polar surface area (TPSA) is 82.6 Å². The van der Waals surface area contributed by atoms with Gasteiger partial charge in [0.2, 0.25) is 0 Å². The minimum Gasteiger partial charge on any atom is -0.467 e. The van der Waals surface area contributed by atoms with Gasteiger partial charge in [-0.15, -0.1) is 0 Å². The van der Waals surface area contributed by atoms with Crippen LogP contribution >= 0.6 is 23.2 Å². The number of nitrogens with one attached hydrogen (secondary N) is 1. The zero-order valence-corrected chi connectivity index (χ0v) is 23.3. The van der Waals surface area contributed by atoms with E-state index >= 15 is 0 Å². The molecule has 0 unspecified atom stereocenters. The Morgan fingerprint density at radius 1 is 1.18 bits per heavy atom. The molecule has 1 aliphatic carbocycles. The molecule has 0 saturated carbocycles. The molecule has 0 bridgehead atoms. The van der Waals surface area contributed by atoms with E-state index in [1.54, 1.807) is 7.11 Å². The van der Waals surface area contributed by atoms with Crippen LogP contribution in [0.15, 0.2) is 64.2 Å². The first-order chi connectivity index (χ1) is 18.4. The second kappa shape index (κ2) is 13.3. The molecule has 2 aliphatic rings. The second-order valence-corrected chi connectivity index (χ2v) is 10.1. The van der Waals surface area contributed by atoms with E-state index in [0.29, 0.717) is 62.2 Å². The van der Waals surface area contributed by atoms with Crippen molar-refractivity contribution in [1.29, 1.82) is 0 Å². The summed E-state index contributed by atoms with van der Waals surface area (Å²) in [7, 11) is 1.54. The summed E-state index contributed by atoms with van der Waals surface area (Å²) in [6, 6.07) is 10.1. The molecule has 1 fully saturated rings. The minimum absolute atomic E-state index is 0.209. The highest BCUT2D eigenvalue weighted by Crippen LogP contribution is 2.38. The maximum atomic E-state index is 13.1. The van der Waals surface area contributed by atoms with Gasteiger partial charge in [0.15, 0.2) is 0 Å². The average Bonchev–Trinajstić information content (AvgIpc) is 3.10. The predicted octanol–water partition coefficient (Wildman–Crippen LogP) is 6.53. The monoisotopic (exact) mass is 557 g/mol. The second-order valence-electron chi connectivity index (χ2n) is 9.22. The van der Waals surface area contributed by atoms with Crippen molar-refractivity contribution in [2.75, 3.05) is 38.8 Å². The van der Waals surface area contributed by atoms with Crippen molar-refractivity contribution in [2.45, 2.75) is 44.4 Å². The van der Waals surface area contributed by atoms with E-state index < -0.39 is 5.41 Å². The van der Waals surface area contributed by atoms with Crippen LogP contribution < -0.4 is 10.1 Å². The number of ether oxygens (including phenoxy) is 3. The highest BCUT2D eigenvalue weighted by Gasteiger charge is 2.43. The molecule has 1 aromatic carbocycles. The van der Waals surface area contributed by atoms with Gasteiger partial charge in [-0.25, -0.2) is 0 Å². The number of carbonyl (C=O) groups excluding carboxylic acids is 1. The van der Waals surface area contributed by atoms with Crippen LogP contribution in [0.2, 0.25) is 0 Å². The van der Waals surface area contributed by atoms with Gasteiger partial charge < -0.3 is 19.5 Å². The van der Waals surface area contributed by atoms with Gasteiger partial charge in [0, 0.05) is 47.9 Å². The van der Waals surface area contributed by atoms with Gasteiger partial charge in [0.1, 0.15) is 5.82 Å². The fourth-order valence-electron chi connectivity index (χ4n) is 4.71. The average molecular weight is 559 g/mol. The predicted molar refractivity (Wildman–Crippen MR) is 151 cm³/mol. The van der Waals surface area contributed by atoms with Gasteiger partial charge in [-0.1, -0.05) is 53.6 Å². The number of benzene rings is 1. The molecule has 202 valence electrons. The molecule has 0 amide bonds. The summed E-state index contributed by atoms with van der Waals surface area (Å²) in [4.78, 5) is 22.1. The first-order valence-corrected chi connectivity index (χ1v) is 13.6. The number of hydrogen-bond acceptors (Lipinski definition) is 7. The normalized spacial score (nSPS) is 17.0. The van der Waals surface area contributed by atoms with E-state index in [9.17, 15) is 4.79 Å². The molecule has 7 nitrogen and oxygen atoms in total. The Hall–Kier alpha value is -2.87. The van der Waals surface area contributed by atoms with Gasteiger partial charge in [-0.3, -0.25) is 4.79 Å². The summed E-state index contributed by atoms with van der Waals surface area (Å²) in [5, 5.41) is 4.79. The van der Waals surface area contributed by atoms with E-state index in [-0.39, 0.29) is 12.0 Å². The fraction of sp³-hybridized carbons (Fsp3) is 0.414. The summed E-state index contributed by atoms with van der Waals surface area (Å²) in [6.07, 6.45) is 9.38. The molecular weight excluding hydrogens is 525 g/mol. The molecule has 4 rings (SSSR count). The number of hydrogen-bond donors (Lipinski definition) is 1. The van der Waals surface area contributed by atoms with Crippen molar-refractivity contribution in [1.82, 2.24) is 9.97 Å². The Balaban J connectivity index is 1.52. The highest BCUT2D eigenvalue weighted by atomic mass is 35.5. The smallest absolute Gasteiger partial charge is 0.318 e. The van der Waals surface area contributed by atoms with E-state index in [4.69, 9.17) is 37.4 Å². The van der Waals surface area contributed by atoms with Crippen molar-refractivity contribution < 1.29 is 19.0 Å². The molecule has 2 aromatic rings. The Labute approximate surface area is 233 Å². The Morgan fingerprint density at radius 3 is 2.76 bits per heavy atom. The standard InChI is InChI=1S/C29H33Cl2N3O4/c1-3-38-27(35)29(12-15-37-16-13-29)22-10-4-8-21(17-22)25-19-26(34-28(33-25)36-2)32-14-6-9-20-7-5-11-23(30)18-24(20)31/h4-5,7-8,10,17-19H,3,6,9,11-16H2,1-2H3,(H,32,33,34). The largest absolute Gasteiger partial charge is 0.467 e. The van der Waals surface area contributed by atoms with Crippen molar-refractivity contribution in [3.05, 3.63) is 69.8 Å². The SMILES string of the molecule is CCOC(=O)C1(c2cccc(-c3cc(NCCCC4=C(Cl)C=C(Cl)CC=C4)nc(OC)n3)c2)CCOCC1. The van der Waals surface area contributed by atoms with Crippen LogP contribution in [-0.4, -0.2) is 49.4 Å². The molecule has 9 heteroatoms.